The van der Waals surface area contributed by atoms with Gasteiger partial charge in [-0.15, -0.1) is 12.4 Å². The summed E-state index contributed by atoms with van der Waals surface area (Å²) in [6.45, 7) is 0.675. The smallest absolute Gasteiger partial charge is 0.335 e. The van der Waals surface area contributed by atoms with Gasteiger partial charge in [-0.3, -0.25) is 0 Å². The first-order valence-corrected chi connectivity index (χ1v) is 12.1. The summed E-state index contributed by atoms with van der Waals surface area (Å²) in [7, 11) is 0. The van der Waals surface area contributed by atoms with Crippen molar-refractivity contribution in [2.75, 3.05) is 0 Å². The van der Waals surface area contributed by atoms with Crippen molar-refractivity contribution in [1.82, 2.24) is 9.55 Å². The Kier molecular flexibility index (Phi) is 7.71. The Labute approximate surface area is 201 Å². The number of rotatable bonds is 6. The molecule has 33 heavy (non-hydrogen) atoms. The van der Waals surface area contributed by atoms with Crippen molar-refractivity contribution >= 4 is 29.4 Å². The van der Waals surface area contributed by atoms with Crippen LogP contribution in [0.2, 0.25) is 0 Å². The normalized spacial score (nSPS) is 21.6. The van der Waals surface area contributed by atoms with Crippen molar-refractivity contribution in [2.24, 2.45) is 0 Å². The van der Waals surface area contributed by atoms with Gasteiger partial charge in [-0.05, 0) is 62.3 Å². The lowest BCUT2D eigenvalue weighted by Crippen LogP contribution is -2.24. The van der Waals surface area contributed by atoms with E-state index in [1.165, 1.54) is 37.7 Å². The van der Waals surface area contributed by atoms with Crippen LogP contribution in [0.1, 0.15) is 91.5 Å². The third-order valence-electron chi connectivity index (χ3n) is 7.27. The molecule has 2 fully saturated rings. The molecule has 1 aromatic heterocycles. The number of carbonyl (C=O) groups is 1. The van der Waals surface area contributed by atoms with E-state index in [-0.39, 0.29) is 12.4 Å². The molecule has 3 aromatic rings. The van der Waals surface area contributed by atoms with Crippen molar-refractivity contribution in [1.29, 1.82) is 0 Å². The molecule has 0 saturated heterocycles. The number of halogens is 1. The summed E-state index contributed by atoms with van der Waals surface area (Å²) in [5.74, 6) is 0.682. The number of imidazole rings is 1. The van der Waals surface area contributed by atoms with Crippen LogP contribution in [0.4, 0.5) is 0 Å². The molecule has 0 atom stereocenters. The maximum atomic E-state index is 11.5. The Morgan fingerprint density at radius 1 is 0.970 bits per heavy atom. The first-order valence-electron chi connectivity index (χ1n) is 12.1. The van der Waals surface area contributed by atoms with Gasteiger partial charge < -0.3 is 14.4 Å². The summed E-state index contributed by atoms with van der Waals surface area (Å²) in [6, 6.07) is 16.3. The number of nitrogens with zero attached hydrogens (tertiary/aromatic N) is 2. The number of carboxylic acid groups (broad SMARTS) is 1. The Hall–Kier alpha value is -2.37. The largest absolute Gasteiger partial charge is 0.478 e. The van der Waals surface area contributed by atoms with E-state index >= 15 is 0 Å². The Balaban J connectivity index is 0.00000259. The van der Waals surface area contributed by atoms with E-state index in [9.17, 15) is 9.90 Å². The zero-order valence-corrected chi connectivity index (χ0v) is 19.8. The van der Waals surface area contributed by atoms with E-state index in [2.05, 4.69) is 28.8 Å². The molecule has 6 heteroatoms. The van der Waals surface area contributed by atoms with Crippen LogP contribution in [0.25, 0.3) is 11.0 Å². The molecule has 0 aliphatic heterocycles. The maximum Gasteiger partial charge on any atom is 0.335 e. The molecule has 0 radical (unpaired) electrons. The Morgan fingerprint density at radius 2 is 1.70 bits per heavy atom. The van der Waals surface area contributed by atoms with Gasteiger partial charge in [0.15, 0.2) is 0 Å². The standard InChI is InChI=1S/C27H32N2O3.ClH/c30-27(31)21-13-16-25-24(17-21)28-26(29(25)22-9-5-2-6-10-22)20-11-14-23(15-12-20)32-18-19-7-3-1-4-8-19;/h1,3-4,7-8,13,16-17,20,22-23H,2,5-6,9-12,14-15,18H2,(H,30,31);1H. The predicted molar refractivity (Wildman–Crippen MR) is 132 cm³/mol. The van der Waals surface area contributed by atoms with Gasteiger partial charge in [0.2, 0.25) is 0 Å². The summed E-state index contributed by atoms with van der Waals surface area (Å²) in [4.78, 5) is 16.5. The number of aromatic nitrogens is 2. The van der Waals surface area contributed by atoms with Gasteiger partial charge in [-0.25, -0.2) is 9.78 Å². The fourth-order valence-electron chi connectivity index (χ4n) is 5.54. The van der Waals surface area contributed by atoms with Crippen LogP contribution in [0.15, 0.2) is 48.5 Å². The first-order chi connectivity index (χ1) is 15.7. The molecule has 1 heterocycles. The highest BCUT2D eigenvalue weighted by atomic mass is 35.5. The van der Waals surface area contributed by atoms with Crippen molar-refractivity contribution in [2.45, 2.75) is 82.5 Å². The van der Waals surface area contributed by atoms with Crippen LogP contribution in [0, 0.1) is 0 Å². The lowest BCUT2D eigenvalue weighted by atomic mass is 9.86. The zero-order valence-electron chi connectivity index (χ0n) is 19.0. The van der Waals surface area contributed by atoms with Gasteiger partial charge in [0, 0.05) is 12.0 Å². The van der Waals surface area contributed by atoms with Gasteiger partial charge >= 0.3 is 5.97 Å². The molecule has 2 aliphatic carbocycles. The van der Waals surface area contributed by atoms with Crippen molar-refractivity contribution in [3.05, 3.63) is 65.5 Å². The van der Waals surface area contributed by atoms with Crippen LogP contribution < -0.4 is 0 Å². The lowest BCUT2D eigenvalue weighted by Gasteiger charge is -2.31. The average molecular weight is 469 g/mol. The number of ether oxygens (including phenoxy) is 1. The first kappa shape index (κ1) is 23.8. The number of aromatic carboxylic acids is 1. The maximum absolute atomic E-state index is 11.5. The molecular formula is C27H33ClN2O3. The third-order valence-corrected chi connectivity index (χ3v) is 7.27. The fourth-order valence-corrected chi connectivity index (χ4v) is 5.54. The molecule has 5 nitrogen and oxygen atoms in total. The SMILES string of the molecule is Cl.O=C(O)c1ccc2c(c1)nc(C1CCC(OCc3ccccc3)CC1)n2C1CCCCC1. The Bertz CT molecular complexity index is 1070. The fraction of sp³-hybridized carbons (Fsp3) is 0.481. The van der Waals surface area contributed by atoms with Crippen molar-refractivity contribution in [3.8, 4) is 0 Å². The summed E-state index contributed by atoms with van der Waals surface area (Å²) in [6.07, 6.45) is 10.8. The average Bonchev–Trinajstić information content (AvgIpc) is 3.23. The third kappa shape index (κ3) is 5.25. The molecule has 0 bridgehead atoms. The van der Waals surface area contributed by atoms with E-state index in [4.69, 9.17) is 9.72 Å². The highest BCUT2D eigenvalue weighted by molar-refractivity contribution is 5.92. The second kappa shape index (κ2) is 10.7. The number of benzene rings is 2. The zero-order chi connectivity index (χ0) is 21.9. The van der Waals surface area contributed by atoms with Crippen LogP contribution in [0.5, 0.6) is 0 Å². The second-order valence-corrected chi connectivity index (χ2v) is 9.41. The highest BCUT2D eigenvalue weighted by Crippen LogP contribution is 2.40. The molecular weight excluding hydrogens is 436 g/mol. The molecule has 5 rings (SSSR count). The minimum absolute atomic E-state index is 0. The summed E-state index contributed by atoms with van der Waals surface area (Å²) in [5, 5.41) is 9.43. The van der Waals surface area contributed by atoms with Gasteiger partial charge in [0.1, 0.15) is 5.82 Å². The lowest BCUT2D eigenvalue weighted by molar-refractivity contribution is 0.0125. The predicted octanol–water partition coefficient (Wildman–Crippen LogP) is 6.90. The van der Waals surface area contributed by atoms with Gasteiger partial charge in [-0.1, -0.05) is 49.6 Å². The molecule has 0 amide bonds. The molecule has 0 spiro atoms. The topological polar surface area (TPSA) is 64.3 Å². The summed E-state index contributed by atoms with van der Waals surface area (Å²) >= 11 is 0. The van der Waals surface area contributed by atoms with E-state index in [1.807, 2.05) is 12.1 Å². The van der Waals surface area contributed by atoms with E-state index in [0.29, 0.717) is 30.2 Å². The molecule has 2 saturated carbocycles. The monoisotopic (exact) mass is 468 g/mol. The number of hydrogen-bond acceptors (Lipinski definition) is 3. The summed E-state index contributed by atoms with van der Waals surface area (Å²) < 4.78 is 8.68. The molecule has 2 aliphatic rings. The minimum atomic E-state index is -0.892. The molecule has 0 unspecified atom stereocenters. The van der Waals surface area contributed by atoms with Crippen LogP contribution in [0.3, 0.4) is 0 Å². The Morgan fingerprint density at radius 3 is 2.39 bits per heavy atom. The highest BCUT2D eigenvalue weighted by Gasteiger charge is 2.30. The van der Waals surface area contributed by atoms with Crippen molar-refractivity contribution in [3.63, 3.8) is 0 Å². The van der Waals surface area contributed by atoms with Gasteiger partial charge in [0.25, 0.3) is 0 Å². The van der Waals surface area contributed by atoms with Crippen LogP contribution in [-0.4, -0.2) is 26.7 Å². The number of fused-ring (bicyclic) bond motifs is 1. The van der Waals surface area contributed by atoms with Crippen LogP contribution >= 0.6 is 12.4 Å². The van der Waals surface area contributed by atoms with E-state index in [1.54, 1.807) is 12.1 Å². The van der Waals surface area contributed by atoms with Crippen LogP contribution in [-0.2, 0) is 11.3 Å². The number of carboxylic acids is 1. The molecule has 1 N–H and O–H groups in total. The quantitative estimate of drug-likeness (QED) is 0.427. The molecule has 2 aromatic carbocycles. The molecule has 176 valence electrons. The second-order valence-electron chi connectivity index (χ2n) is 9.41. The van der Waals surface area contributed by atoms with E-state index in [0.717, 1.165) is 42.5 Å². The van der Waals surface area contributed by atoms with Crippen molar-refractivity contribution < 1.29 is 14.6 Å². The van der Waals surface area contributed by atoms with Gasteiger partial charge in [0.05, 0.1) is 29.3 Å². The van der Waals surface area contributed by atoms with E-state index < -0.39 is 5.97 Å². The van der Waals surface area contributed by atoms with Gasteiger partial charge in [-0.2, -0.15) is 0 Å². The summed E-state index contributed by atoms with van der Waals surface area (Å²) in [5.41, 5.74) is 3.46. The number of hydrogen-bond donors (Lipinski definition) is 1. The minimum Gasteiger partial charge on any atom is -0.478 e.